The van der Waals surface area contributed by atoms with E-state index in [4.69, 9.17) is 9.15 Å². The molecule has 24 heavy (non-hydrogen) atoms. The van der Waals surface area contributed by atoms with Crippen LogP contribution in [0.1, 0.15) is 40.6 Å². The SMILES string of the molecule is O=C(NC1CCCc2occc21)c1cccc(N2CCOC2=O)c1. The molecule has 2 aliphatic rings. The maximum Gasteiger partial charge on any atom is 0.414 e. The molecule has 0 bridgehead atoms. The quantitative estimate of drug-likeness (QED) is 0.941. The summed E-state index contributed by atoms with van der Waals surface area (Å²) >= 11 is 0. The summed E-state index contributed by atoms with van der Waals surface area (Å²) in [6.45, 7) is 0.880. The first-order valence-corrected chi connectivity index (χ1v) is 8.14. The highest BCUT2D eigenvalue weighted by molar-refractivity contribution is 5.97. The number of furan rings is 1. The summed E-state index contributed by atoms with van der Waals surface area (Å²) in [6.07, 6.45) is 4.11. The molecule has 1 N–H and O–H groups in total. The summed E-state index contributed by atoms with van der Waals surface area (Å²) in [5.74, 6) is 0.809. The summed E-state index contributed by atoms with van der Waals surface area (Å²) in [4.78, 5) is 25.8. The van der Waals surface area contributed by atoms with Gasteiger partial charge in [0.1, 0.15) is 12.4 Å². The molecule has 1 aromatic carbocycles. The van der Waals surface area contributed by atoms with Gasteiger partial charge in [-0.25, -0.2) is 4.79 Å². The lowest BCUT2D eigenvalue weighted by molar-refractivity contribution is 0.0932. The first-order chi connectivity index (χ1) is 11.7. The molecule has 2 amide bonds. The third-order valence-electron chi connectivity index (χ3n) is 4.54. The number of nitrogens with one attached hydrogen (secondary N) is 1. The second kappa shape index (κ2) is 6.03. The van der Waals surface area contributed by atoms with E-state index < -0.39 is 0 Å². The van der Waals surface area contributed by atoms with Crippen LogP contribution in [0.25, 0.3) is 0 Å². The van der Waals surface area contributed by atoms with Crippen molar-refractivity contribution in [2.45, 2.75) is 25.3 Å². The summed E-state index contributed by atoms with van der Waals surface area (Å²) in [5, 5.41) is 3.07. The molecule has 1 aliphatic carbocycles. The molecule has 0 radical (unpaired) electrons. The number of anilines is 1. The van der Waals surface area contributed by atoms with E-state index in [0.717, 1.165) is 30.6 Å². The molecular weight excluding hydrogens is 308 g/mol. The van der Waals surface area contributed by atoms with Crippen LogP contribution in [0.4, 0.5) is 10.5 Å². The van der Waals surface area contributed by atoms with E-state index in [2.05, 4.69) is 5.32 Å². The van der Waals surface area contributed by atoms with Crippen LogP contribution in [-0.2, 0) is 11.2 Å². The van der Waals surface area contributed by atoms with Gasteiger partial charge in [0.05, 0.1) is 18.8 Å². The zero-order valence-electron chi connectivity index (χ0n) is 13.2. The van der Waals surface area contributed by atoms with Crippen molar-refractivity contribution in [2.24, 2.45) is 0 Å². The fraction of sp³-hybridized carbons (Fsp3) is 0.333. The van der Waals surface area contributed by atoms with Crippen LogP contribution in [-0.4, -0.2) is 25.2 Å². The average Bonchev–Trinajstić information content (AvgIpc) is 3.24. The normalized spacial score (nSPS) is 19.8. The van der Waals surface area contributed by atoms with Gasteiger partial charge in [0.25, 0.3) is 5.91 Å². The number of fused-ring (bicyclic) bond motifs is 1. The number of cyclic esters (lactones) is 1. The standard InChI is InChI=1S/C18H18N2O4/c21-17(19-15-5-2-6-16-14(15)7-9-23-16)12-3-1-4-13(11-12)20-8-10-24-18(20)22/h1,3-4,7,9,11,15H,2,5-6,8,10H2,(H,19,21). The molecular formula is C18H18N2O4. The number of carbonyl (C=O) groups excluding carboxylic acids is 2. The molecule has 0 spiro atoms. The van der Waals surface area contributed by atoms with Crippen LogP contribution >= 0.6 is 0 Å². The summed E-state index contributed by atoms with van der Waals surface area (Å²) < 4.78 is 10.4. The van der Waals surface area contributed by atoms with Crippen LogP contribution in [0.15, 0.2) is 41.0 Å². The smallest absolute Gasteiger partial charge is 0.414 e. The van der Waals surface area contributed by atoms with Crippen molar-refractivity contribution in [1.29, 1.82) is 0 Å². The van der Waals surface area contributed by atoms with Gasteiger partial charge in [0.15, 0.2) is 0 Å². The van der Waals surface area contributed by atoms with Crippen LogP contribution in [0, 0.1) is 0 Å². The van der Waals surface area contributed by atoms with E-state index in [1.54, 1.807) is 30.5 Å². The first kappa shape index (κ1) is 14.8. The molecule has 2 heterocycles. The summed E-state index contributed by atoms with van der Waals surface area (Å²) in [7, 11) is 0. The van der Waals surface area contributed by atoms with Crippen LogP contribution in [0.3, 0.4) is 0 Å². The Morgan fingerprint density at radius 3 is 3.04 bits per heavy atom. The third kappa shape index (κ3) is 2.64. The second-order valence-corrected chi connectivity index (χ2v) is 6.03. The Bertz CT molecular complexity index is 783. The van der Waals surface area contributed by atoms with E-state index in [1.165, 1.54) is 4.90 Å². The molecule has 1 fully saturated rings. The third-order valence-corrected chi connectivity index (χ3v) is 4.54. The molecule has 1 aromatic heterocycles. The molecule has 6 heteroatoms. The molecule has 2 aromatic rings. The zero-order valence-corrected chi connectivity index (χ0v) is 13.2. The molecule has 1 atom stereocenters. The van der Waals surface area contributed by atoms with Gasteiger partial charge < -0.3 is 14.5 Å². The first-order valence-electron chi connectivity index (χ1n) is 8.14. The van der Waals surface area contributed by atoms with E-state index in [0.29, 0.717) is 24.4 Å². The zero-order chi connectivity index (χ0) is 16.5. The fourth-order valence-electron chi connectivity index (χ4n) is 3.32. The Labute approximate surface area is 139 Å². The van der Waals surface area contributed by atoms with E-state index in [9.17, 15) is 9.59 Å². The number of benzene rings is 1. The lowest BCUT2D eigenvalue weighted by Gasteiger charge is -2.23. The van der Waals surface area contributed by atoms with Gasteiger partial charge in [0.2, 0.25) is 0 Å². The molecule has 1 aliphatic heterocycles. The molecule has 1 unspecified atom stereocenters. The summed E-state index contributed by atoms with van der Waals surface area (Å²) in [6, 6.07) is 8.95. The topological polar surface area (TPSA) is 71.8 Å². The highest BCUT2D eigenvalue weighted by Gasteiger charge is 2.26. The number of carbonyl (C=O) groups is 2. The van der Waals surface area contributed by atoms with Crippen LogP contribution in [0.2, 0.25) is 0 Å². The van der Waals surface area contributed by atoms with Crippen molar-refractivity contribution in [1.82, 2.24) is 5.32 Å². The number of rotatable bonds is 3. The van der Waals surface area contributed by atoms with Gasteiger partial charge in [0, 0.05) is 23.2 Å². The van der Waals surface area contributed by atoms with Crippen molar-refractivity contribution in [2.75, 3.05) is 18.1 Å². The minimum Gasteiger partial charge on any atom is -0.469 e. The number of amides is 2. The predicted molar refractivity (Wildman–Crippen MR) is 87.0 cm³/mol. The van der Waals surface area contributed by atoms with Crippen LogP contribution < -0.4 is 10.2 Å². The average molecular weight is 326 g/mol. The highest BCUT2D eigenvalue weighted by atomic mass is 16.6. The number of nitrogens with zero attached hydrogens (tertiary/aromatic N) is 1. The fourth-order valence-corrected chi connectivity index (χ4v) is 3.32. The Morgan fingerprint density at radius 2 is 2.21 bits per heavy atom. The van der Waals surface area contributed by atoms with Gasteiger partial charge in [-0.05, 0) is 37.1 Å². The van der Waals surface area contributed by atoms with Crippen molar-refractivity contribution >= 4 is 17.7 Å². The molecule has 6 nitrogen and oxygen atoms in total. The largest absolute Gasteiger partial charge is 0.469 e. The monoisotopic (exact) mass is 326 g/mol. The number of aryl methyl sites for hydroxylation is 1. The summed E-state index contributed by atoms with van der Waals surface area (Å²) in [5.41, 5.74) is 2.27. The van der Waals surface area contributed by atoms with Gasteiger partial charge in [-0.2, -0.15) is 0 Å². The second-order valence-electron chi connectivity index (χ2n) is 6.03. The van der Waals surface area contributed by atoms with Gasteiger partial charge >= 0.3 is 6.09 Å². The van der Waals surface area contributed by atoms with Crippen molar-refractivity contribution in [3.8, 4) is 0 Å². The predicted octanol–water partition coefficient (Wildman–Crippen LogP) is 3.04. The number of hydrogen-bond donors (Lipinski definition) is 1. The number of ether oxygens (including phenoxy) is 1. The molecule has 1 saturated heterocycles. The Morgan fingerprint density at radius 1 is 1.29 bits per heavy atom. The van der Waals surface area contributed by atoms with E-state index in [-0.39, 0.29) is 18.0 Å². The maximum atomic E-state index is 12.6. The van der Waals surface area contributed by atoms with Crippen molar-refractivity contribution in [3.05, 3.63) is 53.5 Å². The Hall–Kier alpha value is -2.76. The van der Waals surface area contributed by atoms with Crippen molar-refractivity contribution < 1.29 is 18.7 Å². The van der Waals surface area contributed by atoms with E-state index in [1.807, 2.05) is 6.07 Å². The Balaban J connectivity index is 1.52. The lowest BCUT2D eigenvalue weighted by Crippen LogP contribution is -2.31. The maximum absolute atomic E-state index is 12.6. The van der Waals surface area contributed by atoms with E-state index >= 15 is 0 Å². The lowest BCUT2D eigenvalue weighted by atomic mass is 9.93. The van der Waals surface area contributed by atoms with Gasteiger partial charge in [-0.1, -0.05) is 6.07 Å². The van der Waals surface area contributed by atoms with Gasteiger partial charge in [-0.3, -0.25) is 9.69 Å². The minimum atomic E-state index is -0.372. The minimum absolute atomic E-state index is 0.0274. The molecule has 0 saturated carbocycles. The Kier molecular flexibility index (Phi) is 3.72. The number of hydrogen-bond acceptors (Lipinski definition) is 4. The molecule has 124 valence electrons. The van der Waals surface area contributed by atoms with Crippen LogP contribution in [0.5, 0.6) is 0 Å². The van der Waals surface area contributed by atoms with Crippen molar-refractivity contribution in [3.63, 3.8) is 0 Å². The van der Waals surface area contributed by atoms with Gasteiger partial charge in [-0.15, -0.1) is 0 Å². The molecule has 4 rings (SSSR count). The highest BCUT2D eigenvalue weighted by Crippen LogP contribution is 2.30.